The number of piperidine rings is 1. The molecule has 148 valence electrons. The number of para-hydroxylation sites is 1. The average Bonchev–Trinajstić information content (AvgIpc) is 3.28. The van der Waals surface area contributed by atoms with Crippen molar-refractivity contribution in [2.24, 2.45) is 5.92 Å². The van der Waals surface area contributed by atoms with E-state index in [0.717, 1.165) is 76.6 Å². The molecule has 1 amide bonds. The van der Waals surface area contributed by atoms with Crippen LogP contribution >= 0.6 is 0 Å². The fourth-order valence-corrected chi connectivity index (χ4v) is 4.93. The number of anilines is 1. The van der Waals surface area contributed by atoms with Crippen LogP contribution < -0.4 is 4.90 Å². The molecule has 3 aliphatic heterocycles. The van der Waals surface area contributed by atoms with Crippen LogP contribution in [-0.4, -0.2) is 74.2 Å². The summed E-state index contributed by atoms with van der Waals surface area (Å²) >= 11 is 0. The van der Waals surface area contributed by atoms with E-state index in [9.17, 15) is 4.79 Å². The van der Waals surface area contributed by atoms with Crippen LogP contribution in [0.4, 0.5) is 5.69 Å². The summed E-state index contributed by atoms with van der Waals surface area (Å²) in [7, 11) is 0. The summed E-state index contributed by atoms with van der Waals surface area (Å²) in [5.41, 5.74) is 2.02. The predicted molar refractivity (Wildman–Crippen MR) is 108 cm³/mol. The van der Waals surface area contributed by atoms with Crippen LogP contribution in [0.1, 0.15) is 43.0 Å². The summed E-state index contributed by atoms with van der Waals surface area (Å²) in [4.78, 5) is 20.2. The summed E-state index contributed by atoms with van der Waals surface area (Å²) in [6, 6.07) is 8.77. The lowest BCUT2D eigenvalue weighted by molar-refractivity contribution is -0.000946. The van der Waals surface area contributed by atoms with Crippen LogP contribution in [0.3, 0.4) is 0 Å². The van der Waals surface area contributed by atoms with E-state index >= 15 is 0 Å². The highest BCUT2D eigenvalue weighted by atomic mass is 16.5. The number of rotatable bonds is 4. The van der Waals surface area contributed by atoms with E-state index in [0.29, 0.717) is 12.0 Å². The number of carbonyl (C=O) groups is 1. The van der Waals surface area contributed by atoms with Crippen molar-refractivity contribution < 1.29 is 9.53 Å². The molecule has 5 heteroatoms. The van der Waals surface area contributed by atoms with Crippen molar-refractivity contribution in [3.05, 3.63) is 29.8 Å². The second kappa shape index (κ2) is 8.61. The number of nitrogens with zero attached hydrogens (tertiary/aromatic N) is 3. The van der Waals surface area contributed by atoms with E-state index in [4.69, 9.17) is 4.74 Å². The standard InChI is InChI=1S/C22H33N3O2/c1-18(23-14-16-27-17-15-23)19-8-12-25(13-9-19)22(26)20-6-2-3-7-21(20)24-10-4-5-11-24/h2-3,6-7,18-19H,4-5,8-17H2,1H3/t18-/m1/s1. The Labute approximate surface area is 163 Å². The van der Waals surface area contributed by atoms with Crippen LogP contribution in [0.2, 0.25) is 0 Å². The topological polar surface area (TPSA) is 36.0 Å². The minimum absolute atomic E-state index is 0.218. The number of hydrogen-bond donors (Lipinski definition) is 0. The Morgan fingerprint density at radius 1 is 1.00 bits per heavy atom. The van der Waals surface area contributed by atoms with Gasteiger partial charge in [0, 0.05) is 51.0 Å². The van der Waals surface area contributed by atoms with E-state index in [2.05, 4.69) is 33.8 Å². The van der Waals surface area contributed by atoms with Gasteiger partial charge in [0.05, 0.1) is 18.8 Å². The van der Waals surface area contributed by atoms with Gasteiger partial charge in [-0.05, 0) is 50.7 Å². The van der Waals surface area contributed by atoms with Crippen molar-refractivity contribution in [2.75, 3.05) is 57.4 Å². The molecule has 0 aromatic heterocycles. The molecule has 0 radical (unpaired) electrons. The molecule has 3 heterocycles. The third kappa shape index (κ3) is 4.14. The van der Waals surface area contributed by atoms with Crippen molar-refractivity contribution >= 4 is 11.6 Å². The highest BCUT2D eigenvalue weighted by Crippen LogP contribution is 2.29. The number of amides is 1. The smallest absolute Gasteiger partial charge is 0.255 e. The van der Waals surface area contributed by atoms with Gasteiger partial charge < -0.3 is 14.5 Å². The highest BCUT2D eigenvalue weighted by molar-refractivity contribution is 6.00. The van der Waals surface area contributed by atoms with Gasteiger partial charge in [-0.25, -0.2) is 0 Å². The summed E-state index contributed by atoms with van der Waals surface area (Å²) in [6.45, 7) is 10.1. The summed E-state index contributed by atoms with van der Waals surface area (Å²) in [5, 5.41) is 0. The van der Waals surface area contributed by atoms with E-state index in [1.54, 1.807) is 0 Å². The molecule has 0 spiro atoms. The molecule has 0 unspecified atom stereocenters. The molecular weight excluding hydrogens is 338 g/mol. The van der Waals surface area contributed by atoms with Gasteiger partial charge >= 0.3 is 0 Å². The lowest BCUT2D eigenvalue weighted by atomic mass is 9.89. The predicted octanol–water partition coefficient (Wildman–Crippen LogP) is 2.86. The lowest BCUT2D eigenvalue weighted by Crippen LogP contribution is -2.49. The monoisotopic (exact) mass is 371 g/mol. The molecule has 5 nitrogen and oxygen atoms in total. The molecule has 1 aromatic carbocycles. The third-order valence-corrected chi connectivity index (χ3v) is 6.71. The molecule has 1 aromatic rings. The Kier molecular flexibility index (Phi) is 5.98. The molecule has 3 aliphatic rings. The van der Waals surface area contributed by atoms with Crippen LogP contribution in [0.15, 0.2) is 24.3 Å². The fraction of sp³-hybridized carbons (Fsp3) is 0.682. The van der Waals surface area contributed by atoms with Gasteiger partial charge in [0.2, 0.25) is 0 Å². The normalized spacial score (nSPS) is 23.6. The number of hydrogen-bond acceptors (Lipinski definition) is 4. The molecule has 3 fully saturated rings. The van der Waals surface area contributed by atoms with Crippen LogP contribution in [0, 0.1) is 5.92 Å². The molecular formula is C22H33N3O2. The Hall–Kier alpha value is -1.59. The molecule has 1 atom stereocenters. The number of likely N-dealkylation sites (tertiary alicyclic amines) is 1. The Balaban J connectivity index is 1.37. The Bertz CT molecular complexity index is 630. The first kappa shape index (κ1) is 18.8. The molecule has 3 saturated heterocycles. The molecule has 0 N–H and O–H groups in total. The zero-order chi connectivity index (χ0) is 18.6. The highest BCUT2D eigenvalue weighted by Gasteiger charge is 2.31. The third-order valence-electron chi connectivity index (χ3n) is 6.71. The molecule has 27 heavy (non-hydrogen) atoms. The van der Waals surface area contributed by atoms with Crippen molar-refractivity contribution in [1.29, 1.82) is 0 Å². The first-order valence-corrected chi connectivity index (χ1v) is 10.7. The van der Waals surface area contributed by atoms with Gasteiger partial charge in [0.15, 0.2) is 0 Å². The van der Waals surface area contributed by atoms with E-state index in [-0.39, 0.29) is 5.91 Å². The first-order valence-electron chi connectivity index (χ1n) is 10.7. The van der Waals surface area contributed by atoms with Gasteiger partial charge in [0.1, 0.15) is 0 Å². The quantitative estimate of drug-likeness (QED) is 0.815. The largest absolute Gasteiger partial charge is 0.379 e. The van der Waals surface area contributed by atoms with Gasteiger partial charge in [-0.15, -0.1) is 0 Å². The first-order chi connectivity index (χ1) is 13.2. The van der Waals surface area contributed by atoms with Gasteiger partial charge in [-0.2, -0.15) is 0 Å². The number of ether oxygens (including phenoxy) is 1. The Morgan fingerprint density at radius 2 is 1.67 bits per heavy atom. The minimum atomic E-state index is 0.218. The van der Waals surface area contributed by atoms with Gasteiger partial charge in [-0.3, -0.25) is 9.69 Å². The minimum Gasteiger partial charge on any atom is -0.379 e. The van der Waals surface area contributed by atoms with Crippen molar-refractivity contribution in [3.63, 3.8) is 0 Å². The zero-order valence-electron chi connectivity index (χ0n) is 16.6. The molecule has 0 bridgehead atoms. The van der Waals surface area contributed by atoms with E-state index < -0.39 is 0 Å². The van der Waals surface area contributed by atoms with Gasteiger partial charge in [0.25, 0.3) is 5.91 Å². The summed E-state index contributed by atoms with van der Waals surface area (Å²) < 4.78 is 5.49. The maximum atomic E-state index is 13.2. The maximum Gasteiger partial charge on any atom is 0.255 e. The second-order valence-electron chi connectivity index (χ2n) is 8.23. The summed E-state index contributed by atoms with van der Waals surface area (Å²) in [6.07, 6.45) is 4.67. The zero-order valence-corrected chi connectivity index (χ0v) is 16.6. The molecule has 0 aliphatic carbocycles. The molecule has 4 rings (SSSR count). The van der Waals surface area contributed by atoms with Crippen molar-refractivity contribution in [2.45, 2.75) is 38.6 Å². The van der Waals surface area contributed by atoms with Crippen LogP contribution in [0.25, 0.3) is 0 Å². The van der Waals surface area contributed by atoms with E-state index in [1.807, 2.05) is 12.1 Å². The molecule has 0 saturated carbocycles. The van der Waals surface area contributed by atoms with E-state index in [1.165, 1.54) is 12.8 Å². The fourth-order valence-electron chi connectivity index (χ4n) is 4.93. The average molecular weight is 372 g/mol. The summed E-state index contributed by atoms with van der Waals surface area (Å²) in [5.74, 6) is 0.899. The maximum absolute atomic E-state index is 13.2. The number of carbonyl (C=O) groups excluding carboxylic acids is 1. The van der Waals surface area contributed by atoms with Crippen molar-refractivity contribution in [1.82, 2.24) is 9.80 Å². The lowest BCUT2D eigenvalue weighted by Gasteiger charge is -2.41. The SMILES string of the molecule is C[C@H](C1CCN(C(=O)c2ccccc2N2CCCC2)CC1)N1CCOCC1. The second-order valence-corrected chi connectivity index (χ2v) is 8.23. The van der Waals surface area contributed by atoms with Crippen LogP contribution in [-0.2, 0) is 4.74 Å². The van der Waals surface area contributed by atoms with Crippen molar-refractivity contribution in [3.8, 4) is 0 Å². The Morgan fingerprint density at radius 3 is 2.37 bits per heavy atom. The number of benzene rings is 1. The van der Waals surface area contributed by atoms with Gasteiger partial charge in [-0.1, -0.05) is 12.1 Å². The van der Waals surface area contributed by atoms with Crippen LogP contribution in [0.5, 0.6) is 0 Å². The number of morpholine rings is 1.